The highest BCUT2D eigenvalue weighted by Gasteiger charge is 2.16. The lowest BCUT2D eigenvalue weighted by molar-refractivity contribution is 0.319. The van der Waals surface area contributed by atoms with Crippen molar-refractivity contribution in [2.45, 2.75) is 6.42 Å². The molecule has 76 valence electrons. The van der Waals surface area contributed by atoms with E-state index in [0.717, 1.165) is 24.5 Å². The van der Waals surface area contributed by atoms with Crippen LogP contribution in [-0.4, -0.2) is 16.6 Å². The van der Waals surface area contributed by atoms with Crippen molar-refractivity contribution in [3.8, 4) is 5.75 Å². The summed E-state index contributed by atoms with van der Waals surface area (Å²) in [4.78, 5) is 8.33. The molecule has 3 rings (SSSR count). The summed E-state index contributed by atoms with van der Waals surface area (Å²) < 4.78 is 5.56. The summed E-state index contributed by atoms with van der Waals surface area (Å²) in [5, 5.41) is 2.07. The average molecular weight is 218 g/mol. The van der Waals surface area contributed by atoms with Crippen LogP contribution in [0.3, 0.4) is 0 Å². The van der Waals surface area contributed by atoms with Crippen molar-refractivity contribution in [1.29, 1.82) is 0 Å². The molecule has 0 bridgehead atoms. The van der Waals surface area contributed by atoms with Crippen LogP contribution in [-0.2, 0) is 0 Å². The summed E-state index contributed by atoms with van der Waals surface area (Å²) in [6, 6.07) is 2.03. The van der Waals surface area contributed by atoms with E-state index in [-0.39, 0.29) is 0 Å². The lowest BCUT2D eigenvalue weighted by Gasteiger charge is -2.15. The van der Waals surface area contributed by atoms with Gasteiger partial charge in [-0.05, 0) is 23.1 Å². The molecule has 4 heteroatoms. The predicted molar refractivity (Wildman–Crippen MR) is 60.9 cm³/mol. The molecular formula is C11H10N2OS. The lowest BCUT2D eigenvalue weighted by Crippen LogP contribution is -2.04. The molecule has 1 N–H and O–H groups in total. The largest absolute Gasteiger partial charge is 0.492 e. The third-order valence-electron chi connectivity index (χ3n) is 2.40. The number of ether oxygens (including phenoxy) is 1. The number of aromatic nitrogens is 2. The molecule has 0 spiro atoms. The maximum Gasteiger partial charge on any atom is 0.137 e. The fraction of sp³-hybridized carbons (Fsp3) is 0.182. The van der Waals surface area contributed by atoms with Gasteiger partial charge in [-0.3, -0.25) is 0 Å². The van der Waals surface area contributed by atoms with E-state index in [1.54, 1.807) is 17.7 Å². The highest BCUT2D eigenvalue weighted by molar-refractivity contribution is 7.11. The number of nitrogens with one attached hydrogen (secondary N) is 1. The first-order chi connectivity index (χ1) is 7.43. The topological polar surface area (TPSA) is 37.9 Å². The van der Waals surface area contributed by atoms with Crippen molar-refractivity contribution in [2.75, 3.05) is 6.61 Å². The van der Waals surface area contributed by atoms with Gasteiger partial charge in [0.2, 0.25) is 0 Å². The van der Waals surface area contributed by atoms with Crippen molar-refractivity contribution in [1.82, 2.24) is 9.97 Å². The van der Waals surface area contributed by atoms with Gasteiger partial charge in [0.15, 0.2) is 0 Å². The van der Waals surface area contributed by atoms with Crippen LogP contribution in [0.25, 0.3) is 11.6 Å². The number of rotatable bonds is 1. The lowest BCUT2D eigenvalue weighted by atomic mass is 10.1. The van der Waals surface area contributed by atoms with Gasteiger partial charge in [-0.15, -0.1) is 11.3 Å². The first kappa shape index (κ1) is 8.73. The Bertz CT molecular complexity index is 484. The minimum Gasteiger partial charge on any atom is -0.492 e. The molecule has 1 aliphatic heterocycles. The average Bonchev–Trinajstić information content (AvgIpc) is 2.87. The number of aromatic amines is 1. The zero-order chi connectivity index (χ0) is 10.1. The van der Waals surface area contributed by atoms with E-state index in [0.29, 0.717) is 0 Å². The smallest absolute Gasteiger partial charge is 0.137 e. The van der Waals surface area contributed by atoms with E-state index in [1.807, 2.05) is 12.3 Å². The zero-order valence-electron chi connectivity index (χ0n) is 8.06. The number of hydrogen-bond donors (Lipinski definition) is 1. The quantitative estimate of drug-likeness (QED) is 0.799. The van der Waals surface area contributed by atoms with Crippen molar-refractivity contribution < 1.29 is 4.74 Å². The second-order valence-corrected chi connectivity index (χ2v) is 4.31. The molecule has 2 aromatic rings. The summed E-state index contributed by atoms with van der Waals surface area (Å²) in [6.45, 7) is 0.768. The normalized spacial score (nSPS) is 17.5. The van der Waals surface area contributed by atoms with E-state index >= 15 is 0 Å². The molecular weight excluding hydrogens is 208 g/mol. The van der Waals surface area contributed by atoms with E-state index in [4.69, 9.17) is 4.74 Å². The van der Waals surface area contributed by atoms with Crippen LogP contribution >= 0.6 is 11.3 Å². The highest BCUT2D eigenvalue weighted by atomic mass is 32.1. The van der Waals surface area contributed by atoms with Crippen LogP contribution in [0.15, 0.2) is 24.0 Å². The molecule has 0 saturated heterocycles. The van der Waals surface area contributed by atoms with Gasteiger partial charge in [0.05, 0.1) is 29.7 Å². The Morgan fingerprint density at radius 3 is 3.40 bits per heavy atom. The van der Waals surface area contributed by atoms with Crippen molar-refractivity contribution in [3.63, 3.8) is 0 Å². The zero-order valence-corrected chi connectivity index (χ0v) is 8.88. The van der Waals surface area contributed by atoms with Crippen molar-refractivity contribution >= 4 is 23.0 Å². The molecule has 0 fully saturated rings. The van der Waals surface area contributed by atoms with Gasteiger partial charge in [-0.1, -0.05) is 0 Å². The van der Waals surface area contributed by atoms with Gasteiger partial charge in [0.25, 0.3) is 0 Å². The molecule has 0 atom stereocenters. The van der Waals surface area contributed by atoms with Gasteiger partial charge < -0.3 is 9.72 Å². The Morgan fingerprint density at radius 2 is 2.53 bits per heavy atom. The Kier molecular flexibility index (Phi) is 2.07. The Labute approximate surface area is 91.4 Å². The molecule has 3 nitrogen and oxygen atoms in total. The highest BCUT2D eigenvalue weighted by Crippen LogP contribution is 2.37. The van der Waals surface area contributed by atoms with Gasteiger partial charge in [0, 0.05) is 6.42 Å². The molecule has 0 radical (unpaired) electrons. The molecule has 0 aliphatic carbocycles. The second kappa shape index (κ2) is 3.55. The third-order valence-corrected chi connectivity index (χ3v) is 3.37. The molecule has 0 unspecified atom stereocenters. The third kappa shape index (κ3) is 1.57. The van der Waals surface area contributed by atoms with Crippen LogP contribution in [0.1, 0.15) is 17.0 Å². The fourth-order valence-electron chi connectivity index (χ4n) is 1.70. The maximum atomic E-state index is 5.56. The Morgan fingerprint density at radius 1 is 1.53 bits per heavy atom. The molecule has 0 amide bonds. The first-order valence-electron chi connectivity index (χ1n) is 4.83. The standard InChI is InChI=1S/C11H10N2OS/c1-3-14-10-2-4-15-11(10)8(1)5-9-6-12-7-13-9/h2,4-7H,1,3H2,(H,12,13)/b8-5+. The van der Waals surface area contributed by atoms with Crippen LogP contribution in [0.5, 0.6) is 5.75 Å². The summed E-state index contributed by atoms with van der Waals surface area (Å²) in [5.41, 5.74) is 2.38. The summed E-state index contributed by atoms with van der Waals surface area (Å²) in [7, 11) is 0. The van der Waals surface area contributed by atoms with Crippen LogP contribution in [0, 0.1) is 0 Å². The summed E-state index contributed by atoms with van der Waals surface area (Å²) in [6.07, 6.45) is 6.63. The van der Waals surface area contributed by atoms with E-state index in [9.17, 15) is 0 Å². The molecule has 3 heterocycles. The van der Waals surface area contributed by atoms with Gasteiger partial charge in [-0.2, -0.15) is 0 Å². The minimum absolute atomic E-state index is 0.768. The van der Waals surface area contributed by atoms with Gasteiger partial charge in [-0.25, -0.2) is 4.98 Å². The van der Waals surface area contributed by atoms with E-state index < -0.39 is 0 Å². The van der Waals surface area contributed by atoms with Crippen molar-refractivity contribution in [3.05, 3.63) is 34.5 Å². The number of fused-ring (bicyclic) bond motifs is 1. The number of imidazole rings is 1. The molecule has 0 saturated carbocycles. The first-order valence-corrected chi connectivity index (χ1v) is 5.71. The van der Waals surface area contributed by atoms with E-state index in [2.05, 4.69) is 21.4 Å². The monoisotopic (exact) mass is 218 g/mol. The Hall–Kier alpha value is -1.55. The number of nitrogens with zero attached hydrogens (tertiary/aromatic N) is 1. The minimum atomic E-state index is 0.768. The molecule has 0 aromatic carbocycles. The molecule has 2 aromatic heterocycles. The Balaban J connectivity index is 2.03. The maximum absolute atomic E-state index is 5.56. The predicted octanol–water partition coefficient (Wildman–Crippen LogP) is 2.79. The molecule has 1 aliphatic rings. The van der Waals surface area contributed by atoms with Crippen molar-refractivity contribution in [2.24, 2.45) is 0 Å². The SMILES string of the molecule is C(=C1/CCOc2ccsc21)/c1cnc[nH]1. The summed E-state index contributed by atoms with van der Waals surface area (Å²) >= 11 is 1.73. The number of H-pyrrole nitrogens is 1. The second-order valence-electron chi connectivity index (χ2n) is 3.39. The number of hydrogen-bond acceptors (Lipinski definition) is 3. The number of thiophene rings is 1. The van der Waals surface area contributed by atoms with Crippen LogP contribution in [0.2, 0.25) is 0 Å². The van der Waals surface area contributed by atoms with Gasteiger partial charge >= 0.3 is 0 Å². The fourth-order valence-corrected chi connectivity index (χ4v) is 2.58. The van der Waals surface area contributed by atoms with E-state index in [1.165, 1.54) is 10.5 Å². The van der Waals surface area contributed by atoms with Crippen LogP contribution < -0.4 is 4.74 Å². The molecule has 15 heavy (non-hydrogen) atoms. The summed E-state index contributed by atoms with van der Waals surface area (Å²) in [5.74, 6) is 1.01. The van der Waals surface area contributed by atoms with Crippen LogP contribution in [0.4, 0.5) is 0 Å². The van der Waals surface area contributed by atoms with Gasteiger partial charge in [0.1, 0.15) is 5.75 Å².